The van der Waals surface area contributed by atoms with Gasteiger partial charge in [0.25, 0.3) is 5.91 Å². The van der Waals surface area contributed by atoms with Crippen LogP contribution >= 0.6 is 0 Å². The van der Waals surface area contributed by atoms with E-state index in [1.807, 2.05) is 62.6 Å². The van der Waals surface area contributed by atoms with Gasteiger partial charge in [0.05, 0.1) is 12.8 Å². The third-order valence-corrected chi connectivity index (χ3v) is 5.79. The van der Waals surface area contributed by atoms with E-state index in [1.54, 1.807) is 23.1 Å². The number of amides is 1. The summed E-state index contributed by atoms with van der Waals surface area (Å²) in [6, 6.07) is 15.0. The van der Waals surface area contributed by atoms with Crippen molar-refractivity contribution >= 4 is 17.4 Å². The van der Waals surface area contributed by atoms with Crippen molar-refractivity contribution in [1.29, 1.82) is 0 Å². The Hall–Kier alpha value is -4.33. The molecular formula is C26H25N5O3. The van der Waals surface area contributed by atoms with Gasteiger partial charge < -0.3 is 20.5 Å². The van der Waals surface area contributed by atoms with Crippen LogP contribution in [0.1, 0.15) is 34.5 Å². The minimum absolute atomic E-state index is 0.168. The lowest BCUT2D eigenvalue weighted by molar-refractivity contribution is 0.102. The molecule has 2 aromatic heterocycles. The highest BCUT2D eigenvalue weighted by Crippen LogP contribution is 2.31. The molecule has 5 rings (SSSR count). The summed E-state index contributed by atoms with van der Waals surface area (Å²) in [5.74, 6) is 1.48. The predicted molar refractivity (Wildman–Crippen MR) is 130 cm³/mol. The molecule has 172 valence electrons. The third kappa shape index (κ3) is 4.43. The molecule has 0 radical (unpaired) electrons. The molecule has 0 saturated heterocycles. The van der Waals surface area contributed by atoms with Crippen LogP contribution in [0.25, 0.3) is 11.1 Å². The van der Waals surface area contributed by atoms with E-state index in [4.69, 9.17) is 15.2 Å². The van der Waals surface area contributed by atoms with Gasteiger partial charge in [0.2, 0.25) is 0 Å². The summed E-state index contributed by atoms with van der Waals surface area (Å²) in [4.78, 5) is 17.1. The van der Waals surface area contributed by atoms with Crippen molar-refractivity contribution in [2.24, 2.45) is 7.05 Å². The second-order valence-corrected chi connectivity index (χ2v) is 8.27. The summed E-state index contributed by atoms with van der Waals surface area (Å²) in [7, 11) is 1.86. The molecule has 0 bridgehead atoms. The molecule has 1 aliphatic rings. The van der Waals surface area contributed by atoms with E-state index in [0.29, 0.717) is 29.4 Å². The van der Waals surface area contributed by atoms with E-state index in [9.17, 15) is 4.79 Å². The Balaban J connectivity index is 1.31. The Kier molecular flexibility index (Phi) is 5.63. The molecule has 0 spiro atoms. The van der Waals surface area contributed by atoms with Crippen molar-refractivity contribution in [3.8, 4) is 22.6 Å². The van der Waals surface area contributed by atoms with Gasteiger partial charge >= 0.3 is 0 Å². The molecule has 1 amide bonds. The molecular weight excluding hydrogens is 430 g/mol. The quantitative estimate of drug-likeness (QED) is 0.447. The fourth-order valence-electron chi connectivity index (χ4n) is 3.94. The molecule has 8 nitrogen and oxygen atoms in total. The lowest BCUT2D eigenvalue weighted by Gasteiger charge is -2.17. The zero-order valence-corrected chi connectivity index (χ0v) is 19.0. The van der Waals surface area contributed by atoms with E-state index in [-0.39, 0.29) is 12.0 Å². The first-order valence-electron chi connectivity index (χ1n) is 11.0. The van der Waals surface area contributed by atoms with E-state index in [1.165, 1.54) is 0 Å². The second kappa shape index (κ2) is 8.90. The molecule has 0 saturated carbocycles. The van der Waals surface area contributed by atoms with E-state index >= 15 is 0 Å². The average Bonchev–Trinajstić information content (AvgIpc) is 3.49. The highest BCUT2D eigenvalue weighted by Gasteiger charge is 2.16. The second-order valence-electron chi connectivity index (χ2n) is 8.27. The maximum atomic E-state index is 12.8. The van der Waals surface area contributed by atoms with Crippen molar-refractivity contribution in [3.05, 3.63) is 83.8 Å². The summed E-state index contributed by atoms with van der Waals surface area (Å²) in [6.45, 7) is 2.59. The Morgan fingerprint density at radius 1 is 1.18 bits per heavy atom. The molecule has 3 N–H and O–H groups in total. The van der Waals surface area contributed by atoms with Gasteiger partial charge in [0, 0.05) is 48.2 Å². The van der Waals surface area contributed by atoms with Gasteiger partial charge in [-0.15, -0.1) is 0 Å². The number of nitrogens with one attached hydrogen (secondary N) is 1. The van der Waals surface area contributed by atoms with Gasteiger partial charge in [0.15, 0.2) is 11.6 Å². The number of nitrogens with two attached hydrogens (primary N) is 1. The Morgan fingerprint density at radius 3 is 2.88 bits per heavy atom. The number of anilines is 2. The predicted octanol–water partition coefficient (Wildman–Crippen LogP) is 4.39. The lowest BCUT2D eigenvalue weighted by atomic mass is 10.1. The van der Waals surface area contributed by atoms with Crippen LogP contribution in [-0.2, 0) is 13.5 Å². The first kappa shape index (κ1) is 21.5. The zero-order valence-electron chi connectivity index (χ0n) is 19.0. The Labute approximate surface area is 197 Å². The van der Waals surface area contributed by atoms with Crippen molar-refractivity contribution < 1.29 is 14.3 Å². The molecule has 8 heteroatoms. The van der Waals surface area contributed by atoms with Crippen LogP contribution in [-0.4, -0.2) is 27.3 Å². The number of ether oxygens (including phenoxy) is 2. The van der Waals surface area contributed by atoms with Crippen LogP contribution in [0.2, 0.25) is 0 Å². The molecule has 2 aromatic carbocycles. The summed E-state index contributed by atoms with van der Waals surface area (Å²) in [6.07, 6.45) is 5.87. The fraction of sp³-hybridized carbons (Fsp3) is 0.192. The summed E-state index contributed by atoms with van der Waals surface area (Å²) < 4.78 is 13.4. The number of carbonyl (C=O) groups excluding carboxylic acids is 1. The number of fused-ring (bicyclic) bond motifs is 1. The monoisotopic (exact) mass is 455 g/mol. The number of aryl methyl sites for hydroxylation is 1. The summed E-state index contributed by atoms with van der Waals surface area (Å²) >= 11 is 0. The molecule has 3 heterocycles. The molecule has 34 heavy (non-hydrogen) atoms. The molecule has 4 aromatic rings. The number of nitrogens with zero attached hydrogens (tertiary/aromatic N) is 3. The van der Waals surface area contributed by atoms with Gasteiger partial charge in [-0.3, -0.25) is 9.48 Å². The van der Waals surface area contributed by atoms with Gasteiger partial charge in [-0.1, -0.05) is 12.1 Å². The number of aromatic nitrogens is 3. The van der Waals surface area contributed by atoms with Gasteiger partial charge in [-0.2, -0.15) is 5.10 Å². The molecule has 0 aliphatic carbocycles. The lowest BCUT2D eigenvalue weighted by Crippen LogP contribution is -2.13. The Morgan fingerprint density at radius 2 is 2.06 bits per heavy atom. The maximum absolute atomic E-state index is 12.8. The molecule has 1 aliphatic heterocycles. The number of benzene rings is 2. The van der Waals surface area contributed by atoms with Crippen LogP contribution in [0, 0.1) is 0 Å². The SMILES string of the molecule is C[C@@H](Oc1cc(-c2cnn(C)c2)cnc1N)c1cccc(NC(=O)c2ccc3c(c2)CCO3)c1. The van der Waals surface area contributed by atoms with Crippen molar-refractivity contribution in [2.45, 2.75) is 19.4 Å². The standard InChI is InChI=1S/C26H25N5O3/c1-16(34-24-12-20(13-28-25(24)27)21-14-29-31(2)15-21)17-4-3-5-22(11-17)30-26(32)19-6-7-23-18(10-19)8-9-33-23/h3-7,10-16H,8-9H2,1-2H3,(H2,27,28)(H,30,32)/t16-/m1/s1. The molecule has 0 fully saturated rings. The Bertz CT molecular complexity index is 1360. The highest BCUT2D eigenvalue weighted by atomic mass is 16.5. The number of hydrogen-bond acceptors (Lipinski definition) is 6. The molecule has 1 atom stereocenters. The topological polar surface area (TPSA) is 104 Å². The largest absolute Gasteiger partial charge is 0.493 e. The van der Waals surface area contributed by atoms with Crippen LogP contribution in [0.5, 0.6) is 11.5 Å². The summed E-state index contributed by atoms with van der Waals surface area (Å²) in [5.41, 5.74) is 11.1. The van der Waals surface area contributed by atoms with Crippen LogP contribution in [0.4, 0.5) is 11.5 Å². The number of carbonyl (C=O) groups is 1. The van der Waals surface area contributed by atoms with Gasteiger partial charge in [-0.25, -0.2) is 4.98 Å². The summed E-state index contributed by atoms with van der Waals surface area (Å²) in [5, 5.41) is 7.17. The van der Waals surface area contributed by atoms with Crippen LogP contribution in [0.15, 0.2) is 67.1 Å². The van der Waals surface area contributed by atoms with Gasteiger partial charge in [0.1, 0.15) is 11.9 Å². The maximum Gasteiger partial charge on any atom is 0.255 e. The van der Waals surface area contributed by atoms with E-state index < -0.39 is 0 Å². The van der Waals surface area contributed by atoms with Gasteiger partial charge in [-0.05, 0) is 54.4 Å². The minimum Gasteiger partial charge on any atom is -0.493 e. The first-order valence-corrected chi connectivity index (χ1v) is 11.0. The minimum atomic E-state index is -0.317. The van der Waals surface area contributed by atoms with Crippen LogP contribution < -0.4 is 20.5 Å². The fourth-order valence-corrected chi connectivity index (χ4v) is 3.94. The smallest absolute Gasteiger partial charge is 0.255 e. The third-order valence-electron chi connectivity index (χ3n) is 5.79. The van der Waals surface area contributed by atoms with Crippen molar-refractivity contribution in [3.63, 3.8) is 0 Å². The number of pyridine rings is 1. The average molecular weight is 456 g/mol. The van der Waals surface area contributed by atoms with Crippen molar-refractivity contribution in [2.75, 3.05) is 17.7 Å². The normalized spacial score (nSPS) is 13.1. The van der Waals surface area contributed by atoms with Crippen molar-refractivity contribution in [1.82, 2.24) is 14.8 Å². The molecule has 0 unspecified atom stereocenters. The number of rotatable bonds is 6. The number of nitrogen functional groups attached to an aromatic ring is 1. The zero-order chi connectivity index (χ0) is 23.7. The van der Waals surface area contributed by atoms with E-state index in [0.717, 1.165) is 34.4 Å². The highest BCUT2D eigenvalue weighted by molar-refractivity contribution is 6.04. The first-order chi connectivity index (χ1) is 16.5. The van der Waals surface area contributed by atoms with E-state index in [2.05, 4.69) is 15.4 Å². The number of hydrogen-bond donors (Lipinski definition) is 2. The van der Waals surface area contributed by atoms with Crippen LogP contribution in [0.3, 0.4) is 0 Å².